The number of carbonyl (C=O) groups is 1. The second-order valence-corrected chi connectivity index (χ2v) is 12.9. The van der Waals surface area contributed by atoms with Crippen LogP contribution in [0, 0.1) is 0 Å². The van der Waals surface area contributed by atoms with Gasteiger partial charge >= 0.3 is 0 Å². The predicted molar refractivity (Wildman–Crippen MR) is 175 cm³/mol. The van der Waals surface area contributed by atoms with Gasteiger partial charge in [-0.3, -0.25) is 9.69 Å². The van der Waals surface area contributed by atoms with Crippen LogP contribution in [0.2, 0.25) is 10.0 Å². The van der Waals surface area contributed by atoms with E-state index in [4.69, 9.17) is 37.4 Å². The van der Waals surface area contributed by atoms with Gasteiger partial charge in [-0.05, 0) is 56.5 Å². The van der Waals surface area contributed by atoms with Crippen molar-refractivity contribution in [1.82, 2.24) is 25.1 Å². The predicted octanol–water partition coefficient (Wildman–Crippen LogP) is 6.02. The van der Waals surface area contributed by atoms with E-state index in [1.54, 1.807) is 12.1 Å². The largest absolute Gasteiger partial charge is 0.495 e. The fraction of sp³-hybridized carbons (Fsp3) is 0.452. The third kappa shape index (κ3) is 6.76. The quantitative estimate of drug-likeness (QED) is 0.281. The number of piperidine rings is 1. The van der Waals surface area contributed by atoms with Crippen LogP contribution in [0.4, 0.5) is 11.6 Å². The molecule has 234 valence electrons. The highest BCUT2D eigenvalue weighted by atomic mass is 35.5. The Bertz CT molecular complexity index is 1520. The Labute approximate surface area is 269 Å². The van der Waals surface area contributed by atoms with Crippen LogP contribution in [0.1, 0.15) is 53.0 Å². The topological polar surface area (TPSA) is 101 Å². The second-order valence-electron chi connectivity index (χ2n) is 11.4. The summed E-state index contributed by atoms with van der Waals surface area (Å²) in [6, 6.07) is 9.90. The minimum Gasteiger partial charge on any atom is -0.495 e. The molecule has 2 aromatic carbocycles. The van der Waals surface area contributed by atoms with Crippen molar-refractivity contribution in [3.8, 4) is 17.4 Å². The smallest absolute Gasteiger partial charge is 0.253 e. The van der Waals surface area contributed by atoms with Crippen molar-refractivity contribution in [2.45, 2.75) is 50.1 Å². The molecule has 2 atom stereocenters. The minimum atomic E-state index is -0.226. The summed E-state index contributed by atoms with van der Waals surface area (Å²) in [5, 5.41) is 6.87. The first-order valence-electron chi connectivity index (χ1n) is 14.9. The molecule has 0 aliphatic carbocycles. The monoisotopic (exact) mass is 658 g/mol. The molecule has 3 aliphatic heterocycles. The summed E-state index contributed by atoms with van der Waals surface area (Å²) in [7, 11) is 6.45. The first-order chi connectivity index (χ1) is 21.3. The van der Waals surface area contributed by atoms with Crippen LogP contribution in [-0.2, 0) is 11.3 Å². The van der Waals surface area contributed by atoms with Crippen LogP contribution in [0.15, 0.2) is 36.5 Å². The van der Waals surface area contributed by atoms with Gasteiger partial charge in [0.05, 0.1) is 35.4 Å². The molecule has 1 aromatic heterocycles. The zero-order valence-electron chi connectivity index (χ0n) is 24.8. The molecule has 0 spiro atoms. The van der Waals surface area contributed by atoms with E-state index in [2.05, 4.69) is 52.8 Å². The molecule has 0 bridgehead atoms. The number of aromatic nitrogens is 2. The molecule has 0 radical (unpaired) electrons. The SMILES string of the molecule is COc1cc(C(=O)NC2CCN(C3CCOCC3)CC2)c(Cl)cc1Nc1ncc(Cl)c(Oc2cccc3c2C(P)N(C)C3)n1. The molecule has 2 fully saturated rings. The van der Waals surface area contributed by atoms with Crippen LogP contribution < -0.4 is 20.1 Å². The van der Waals surface area contributed by atoms with Crippen molar-refractivity contribution in [3.63, 3.8) is 0 Å². The molecule has 2 unspecified atom stereocenters. The maximum Gasteiger partial charge on any atom is 0.253 e. The zero-order valence-corrected chi connectivity index (χ0v) is 27.5. The van der Waals surface area contributed by atoms with E-state index >= 15 is 0 Å². The average Bonchev–Trinajstić information content (AvgIpc) is 3.33. The molecule has 4 heterocycles. The van der Waals surface area contributed by atoms with E-state index in [9.17, 15) is 4.79 Å². The van der Waals surface area contributed by atoms with E-state index in [1.807, 2.05) is 12.1 Å². The Hall–Kier alpha value is -2.72. The number of carbonyl (C=O) groups excluding carboxylic acids is 1. The fourth-order valence-electron chi connectivity index (χ4n) is 6.16. The van der Waals surface area contributed by atoms with Gasteiger partial charge in [-0.15, -0.1) is 9.24 Å². The van der Waals surface area contributed by atoms with Gasteiger partial charge in [-0.2, -0.15) is 4.98 Å². The highest BCUT2D eigenvalue weighted by Gasteiger charge is 2.29. The highest BCUT2D eigenvalue weighted by molar-refractivity contribution is 7.17. The van der Waals surface area contributed by atoms with Crippen molar-refractivity contribution in [2.24, 2.45) is 0 Å². The Morgan fingerprint density at radius 2 is 1.86 bits per heavy atom. The molecule has 3 aliphatic rings. The number of methoxy groups -OCH3 is 1. The van der Waals surface area contributed by atoms with Crippen LogP contribution in [-0.4, -0.2) is 78.2 Å². The number of hydrogen-bond donors (Lipinski definition) is 2. The van der Waals surface area contributed by atoms with E-state index in [1.165, 1.54) is 18.9 Å². The number of anilines is 2. The molecule has 13 heteroatoms. The summed E-state index contributed by atoms with van der Waals surface area (Å²) in [4.78, 5) is 26.9. The number of amides is 1. The summed E-state index contributed by atoms with van der Waals surface area (Å²) in [6.07, 6.45) is 5.43. The number of benzene rings is 2. The standard InChI is InChI=1S/C31H37Cl2N6O4P/c1-38-17-18-4-3-5-25(27(18)30(38)44)43-29-23(33)16-34-31(37-29)36-24-15-22(32)21(14-26(24)41-2)28(40)35-19-6-10-39(11-7-19)20-8-12-42-13-9-20/h3-5,14-16,19-20,30H,6-13,17,44H2,1-2H3,(H,35,40)(H,34,36,37). The molecule has 2 N–H and O–H groups in total. The lowest BCUT2D eigenvalue weighted by atomic mass is 9.99. The van der Waals surface area contributed by atoms with Crippen molar-refractivity contribution in [3.05, 3.63) is 63.3 Å². The van der Waals surface area contributed by atoms with Gasteiger partial charge in [0.1, 0.15) is 16.5 Å². The van der Waals surface area contributed by atoms with Crippen molar-refractivity contribution in [1.29, 1.82) is 0 Å². The van der Waals surface area contributed by atoms with Crippen LogP contribution in [0.3, 0.4) is 0 Å². The first kappa shape index (κ1) is 31.3. The number of fused-ring (bicyclic) bond motifs is 1. The average molecular weight is 660 g/mol. The molecule has 1 amide bonds. The molecule has 2 saturated heterocycles. The third-order valence-electron chi connectivity index (χ3n) is 8.62. The number of halogens is 2. The van der Waals surface area contributed by atoms with Gasteiger partial charge in [-0.25, -0.2) is 4.98 Å². The van der Waals surface area contributed by atoms with E-state index in [0.717, 1.165) is 64.1 Å². The number of likely N-dealkylation sites (tertiary alicyclic amines) is 1. The van der Waals surface area contributed by atoms with Gasteiger partial charge in [0.15, 0.2) is 0 Å². The van der Waals surface area contributed by atoms with Crippen molar-refractivity contribution in [2.75, 3.05) is 45.8 Å². The first-order valence-corrected chi connectivity index (χ1v) is 16.3. The number of hydrogen-bond acceptors (Lipinski definition) is 9. The normalized spacial score (nSPS) is 19.9. The number of nitrogens with one attached hydrogen (secondary N) is 2. The number of ether oxygens (including phenoxy) is 3. The third-order valence-corrected chi connectivity index (χ3v) is 10.0. The van der Waals surface area contributed by atoms with Crippen molar-refractivity contribution >= 4 is 50.0 Å². The Morgan fingerprint density at radius 3 is 2.61 bits per heavy atom. The van der Waals surface area contributed by atoms with E-state index in [-0.39, 0.29) is 39.6 Å². The lowest BCUT2D eigenvalue weighted by molar-refractivity contribution is 0.0238. The van der Waals surface area contributed by atoms with Gasteiger partial charge in [0, 0.05) is 50.5 Å². The number of nitrogens with zero attached hydrogens (tertiary/aromatic N) is 4. The maximum atomic E-state index is 13.3. The summed E-state index contributed by atoms with van der Waals surface area (Å²) in [5.41, 5.74) is 3.12. The van der Waals surface area contributed by atoms with Crippen LogP contribution in [0.25, 0.3) is 0 Å². The lowest BCUT2D eigenvalue weighted by Gasteiger charge is -2.39. The Balaban J connectivity index is 1.13. The Kier molecular flexibility index (Phi) is 9.76. The van der Waals surface area contributed by atoms with Crippen LogP contribution in [0.5, 0.6) is 17.4 Å². The highest BCUT2D eigenvalue weighted by Crippen LogP contribution is 2.44. The van der Waals surface area contributed by atoms with Crippen molar-refractivity contribution < 1.29 is 19.0 Å². The minimum absolute atomic E-state index is 0.0900. The fourth-order valence-corrected chi connectivity index (χ4v) is 7.03. The molecule has 10 nitrogen and oxygen atoms in total. The molecule has 44 heavy (non-hydrogen) atoms. The summed E-state index contributed by atoms with van der Waals surface area (Å²) in [6.45, 7) is 4.42. The van der Waals surface area contributed by atoms with Crippen LogP contribution >= 0.6 is 32.4 Å². The van der Waals surface area contributed by atoms with Gasteiger partial charge in [0.2, 0.25) is 11.8 Å². The molecule has 6 rings (SSSR count). The van der Waals surface area contributed by atoms with Gasteiger partial charge in [-0.1, -0.05) is 35.3 Å². The Morgan fingerprint density at radius 1 is 1.09 bits per heavy atom. The van der Waals surface area contributed by atoms with E-state index in [0.29, 0.717) is 28.8 Å². The van der Waals surface area contributed by atoms with Gasteiger partial charge < -0.3 is 29.7 Å². The lowest BCUT2D eigenvalue weighted by Crippen LogP contribution is -2.49. The van der Waals surface area contributed by atoms with E-state index < -0.39 is 0 Å². The summed E-state index contributed by atoms with van der Waals surface area (Å²) >= 11 is 13.1. The second kappa shape index (κ2) is 13.7. The summed E-state index contributed by atoms with van der Waals surface area (Å²) in [5.74, 6) is 1.45. The molecule has 3 aromatic rings. The maximum absolute atomic E-state index is 13.3. The summed E-state index contributed by atoms with van der Waals surface area (Å²) < 4.78 is 17.3. The van der Waals surface area contributed by atoms with Gasteiger partial charge in [0.25, 0.3) is 5.91 Å². The zero-order chi connectivity index (χ0) is 30.8. The number of rotatable bonds is 8. The molecular weight excluding hydrogens is 622 g/mol. The molecule has 0 saturated carbocycles. The molecular formula is C31H37Cl2N6O4P.